The van der Waals surface area contributed by atoms with Crippen LogP contribution < -0.4 is 5.48 Å². The van der Waals surface area contributed by atoms with Gasteiger partial charge in [0.25, 0.3) is 0 Å². The maximum atomic E-state index is 11.7. The van der Waals surface area contributed by atoms with Crippen molar-refractivity contribution in [2.45, 2.75) is 71.6 Å². The SMILES string of the molecule is CC(C)(C)OC(=O)CC[C@H](NO)C(=O)OC(C)(C)C. The van der Waals surface area contributed by atoms with Crippen LogP contribution >= 0.6 is 0 Å². The Morgan fingerprint density at radius 3 is 1.89 bits per heavy atom. The number of ether oxygens (including phenoxy) is 2. The van der Waals surface area contributed by atoms with Gasteiger partial charge in [0.1, 0.15) is 17.2 Å². The highest BCUT2D eigenvalue weighted by Crippen LogP contribution is 2.13. The zero-order valence-corrected chi connectivity index (χ0v) is 12.6. The molecular formula is C13H25NO5. The van der Waals surface area contributed by atoms with Crippen molar-refractivity contribution in [2.75, 3.05) is 0 Å². The van der Waals surface area contributed by atoms with Gasteiger partial charge < -0.3 is 14.7 Å². The van der Waals surface area contributed by atoms with Gasteiger partial charge in [0.05, 0.1) is 0 Å². The molecule has 0 fully saturated rings. The summed E-state index contributed by atoms with van der Waals surface area (Å²) in [4.78, 5) is 23.2. The summed E-state index contributed by atoms with van der Waals surface area (Å²) in [6.45, 7) is 10.5. The van der Waals surface area contributed by atoms with Crippen molar-refractivity contribution >= 4 is 11.9 Å². The van der Waals surface area contributed by atoms with Gasteiger partial charge in [-0.05, 0) is 48.0 Å². The fourth-order valence-corrected chi connectivity index (χ4v) is 1.26. The van der Waals surface area contributed by atoms with Crippen molar-refractivity contribution in [2.24, 2.45) is 0 Å². The van der Waals surface area contributed by atoms with Crippen molar-refractivity contribution in [1.29, 1.82) is 0 Å². The molecule has 0 aliphatic heterocycles. The number of esters is 2. The number of carbonyl (C=O) groups is 2. The lowest BCUT2D eigenvalue weighted by molar-refractivity contribution is -0.161. The van der Waals surface area contributed by atoms with Crippen LogP contribution in [0.25, 0.3) is 0 Å². The lowest BCUT2D eigenvalue weighted by Gasteiger charge is -2.23. The molecule has 0 aliphatic carbocycles. The summed E-state index contributed by atoms with van der Waals surface area (Å²) < 4.78 is 10.2. The molecular weight excluding hydrogens is 250 g/mol. The van der Waals surface area contributed by atoms with Crippen molar-refractivity contribution in [3.63, 3.8) is 0 Å². The second-order valence-corrected chi connectivity index (χ2v) is 6.34. The van der Waals surface area contributed by atoms with E-state index in [0.29, 0.717) is 0 Å². The van der Waals surface area contributed by atoms with Gasteiger partial charge >= 0.3 is 11.9 Å². The molecule has 0 rings (SSSR count). The molecule has 6 heteroatoms. The first kappa shape index (κ1) is 17.9. The predicted molar refractivity (Wildman–Crippen MR) is 69.6 cm³/mol. The normalized spacial score (nSPS) is 13.8. The van der Waals surface area contributed by atoms with Crippen LogP contribution in [0.15, 0.2) is 0 Å². The lowest BCUT2D eigenvalue weighted by atomic mass is 10.1. The molecule has 0 spiro atoms. The first-order valence-electron chi connectivity index (χ1n) is 6.29. The van der Waals surface area contributed by atoms with Gasteiger partial charge in [-0.2, -0.15) is 5.48 Å². The molecule has 0 aromatic rings. The van der Waals surface area contributed by atoms with Crippen LogP contribution in [-0.4, -0.2) is 34.4 Å². The summed E-state index contributed by atoms with van der Waals surface area (Å²) in [6, 6.07) is -0.938. The number of nitrogens with one attached hydrogen (secondary N) is 1. The van der Waals surface area contributed by atoms with Crippen molar-refractivity contribution < 1.29 is 24.3 Å². The van der Waals surface area contributed by atoms with Gasteiger partial charge in [0.15, 0.2) is 0 Å². The highest BCUT2D eigenvalue weighted by Gasteiger charge is 2.26. The Balaban J connectivity index is 4.28. The quantitative estimate of drug-likeness (QED) is 0.588. The molecule has 0 amide bonds. The van der Waals surface area contributed by atoms with E-state index >= 15 is 0 Å². The Morgan fingerprint density at radius 2 is 1.53 bits per heavy atom. The molecule has 0 bridgehead atoms. The third kappa shape index (κ3) is 9.44. The smallest absolute Gasteiger partial charge is 0.326 e. The number of hydroxylamine groups is 1. The molecule has 1 atom stereocenters. The Labute approximate surface area is 114 Å². The average Bonchev–Trinajstić information content (AvgIpc) is 2.12. The lowest BCUT2D eigenvalue weighted by Crippen LogP contribution is -2.40. The zero-order chi connectivity index (χ0) is 15.3. The van der Waals surface area contributed by atoms with E-state index in [1.807, 2.05) is 5.48 Å². The van der Waals surface area contributed by atoms with E-state index in [1.165, 1.54) is 0 Å². The van der Waals surface area contributed by atoms with Crippen LogP contribution in [0.2, 0.25) is 0 Å². The van der Waals surface area contributed by atoms with E-state index in [9.17, 15) is 9.59 Å². The van der Waals surface area contributed by atoms with Crippen LogP contribution in [0.3, 0.4) is 0 Å². The highest BCUT2D eigenvalue weighted by atomic mass is 16.6. The minimum Gasteiger partial charge on any atom is -0.460 e. The zero-order valence-electron chi connectivity index (χ0n) is 12.6. The summed E-state index contributed by atoms with van der Waals surface area (Å²) in [5, 5.41) is 8.94. The maximum Gasteiger partial charge on any atom is 0.326 e. The molecule has 0 aromatic heterocycles. The van der Waals surface area contributed by atoms with Crippen LogP contribution in [0.5, 0.6) is 0 Å². The fraction of sp³-hybridized carbons (Fsp3) is 0.846. The van der Waals surface area contributed by atoms with Gasteiger partial charge in [-0.3, -0.25) is 9.59 Å². The monoisotopic (exact) mass is 275 g/mol. The van der Waals surface area contributed by atoms with Crippen molar-refractivity contribution in [3.05, 3.63) is 0 Å². The molecule has 0 heterocycles. The fourth-order valence-electron chi connectivity index (χ4n) is 1.26. The highest BCUT2D eigenvalue weighted by molar-refractivity contribution is 5.77. The van der Waals surface area contributed by atoms with Crippen LogP contribution in [0.4, 0.5) is 0 Å². The Bertz CT molecular complexity index is 314. The first-order chi connectivity index (χ1) is 8.44. The van der Waals surface area contributed by atoms with Gasteiger partial charge in [0.2, 0.25) is 0 Å². The Morgan fingerprint density at radius 1 is 1.05 bits per heavy atom. The molecule has 0 aromatic carbocycles. The second-order valence-electron chi connectivity index (χ2n) is 6.34. The summed E-state index contributed by atoms with van der Waals surface area (Å²) in [6.07, 6.45) is 0.134. The largest absolute Gasteiger partial charge is 0.460 e. The molecule has 0 aliphatic rings. The minimum absolute atomic E-state index is 0.0226. The summed E-state index contributed by atoms with van der Waals surface area (Å²) in [5.74, 6) is -1.02. The second kappa shape index (κ2) is 6.86. The van der Waals surface area contributed by atoms with E-state index in [-0.39, 0.29) is 12.8 Å². The van der Waals surface area contributed by atoms with Gasteiger partial charge in [-0.1, -0.05) is 0 Å². The summed E-state index contributed by atoms with van der Waals surface area (Å²) >= 11 is 0. The van der Waals surface area contributed by atoms with Crippen molar-refractivity contribution in [3.8, 4) is 0 Å². The molecule has 2 N–H and O–H groups in total. The molecule has 112 valence electrons. The summed E-state index contributed by atoms with van der Waals surface area (Å²) in [5.41, 5.74) is 0.655. The minimum atomic E-state index is -0.938. The molecule has 0 radical (unpaired) electrons. The van der Waals surface area contributed by atoms with E-state index in [2.05, 4.69) is 0 Å². The van der Waals surface area contributed by atoms with Gasteiger partial charge in [0, 0.05) is 6.42 Å². The van der Waals surface area contributed by atoms with Crippen LogP contribution in [0.1, 0.15) is 54.4 Å². The molecule has 19 heavy (non-hydrogen) atoms. The first-order valence-corrected chi connectivity index (χ1v) is 6.29. The van der Waals surface area contributed by atoms with Gasteiger partial charge in [-0.15, -0.1) is 0 Å². The van der Waals surface area contributed by atoms with Crippen LogP contribution in [0, 0.1) is 0 Å². The number of hydrogen-bond donors (Lipinski definition) is 2. The topological polar surface area (TPSA) is 84.9 Å². The number of rotatable bonds is 5. The number of carbonyl (C=O) groups excluding carboxylic acids is 2. The van der Waals surface area contributed by atoms with E-state index < -0.39 is 29.2 Å². The Hall–Kier alpha value is -1.14. The standard InChI is InChI=1S/C13H25NO5/c1-12(2,3)18-10(15)8-7-9(14-17)11(16)19-13(4,5)6/h9,14,17H,7-8H2,1-6H3/t9-/m0/s1. The average molecular weight is 275 g/mol. The third-order valence-electron chi connectivity index (χ3n) is 1.90. The van der Waals surface area contributed by atoms with Crippen LogP contribution in [-0.2, 0) is 19.1 Å². The molecule has 0 saturated heterocycles. The van der Waals surface area contributed by atoms with E-state index in [1.54, 1.807) is 41.5 Å². The van der Waals surface area contributed by atoms with E-state index in [0.717, 1.165) is 0 Å². The van der Waals surface area contributed by atoms with Gasteiger partial charge in [-0.25, -0.2) is 0 Å². The van der Waals surface area contributed by atoms with E-state index in [4.69, 9.17) is 14.7 Å². The summed E-state index contributed by atoms with van der Waals surface area (Å²) in [7, 11) is 0. The third-order valence-corrected chi connectivity index (χ3v) is 1.90. The maximum absolute atomic E-state index is 11.7. The molecule has 6 nitrogen and oxygen atoms in total. The van der Waals surface area contributed by atoms with Crippen molar-refractivity contribution in [1.82, 2.24) is 5.48 Å². The molecule has 0 saturated carbocycles. The predicted octanol–water partition coefficient (Wildman–Crippen LogP) is 1.80. The Kier molecular flexibility index (Phi) is 6.45. The number of hydrogen-bond acceptors (Lipinski definition) is 6. The molecule has 0 unspecified atom stereocenters.